The van der Waals surface area contributed by atoms with E-state index < -0.39 is 0 Å². The van der Waals surface area contributed by atoms with Gasteiger partial charge in [0, 0.05) is 6.42 Å². The molecule has 1 saturated carbocycles. The number of aromatic nitrogens is 2. The number of aromatic amines is 1. The average Bonchev–Trinajstić information content (AvgIpc) is 2.66. The minimum Gasteiger partial charge on any atom is -0.493 e. The quantitative estimate of drug-likeness (QED) is 0.848. The van der Waals surface area contributed by atoms with Gasteiger partial charge in [-0.2, -0.15) is 0 Å². The van der Waals surface area contributed by atoms with Gasteiger partial charge < -0.3 is 10.1 Å². The summed E-state index contributed by atoms with van der Waals surface area (Å²) < 4.78 is 0. The Morgan fingerprint density at radius 3 is 2.44 bits per heavy atom. The summed E-state index contributed by atoms with van der Waals surface area (Å²) in [5.41, 5.74) is 0.371. The van der Waals surface area contributed by atoms with Gasteiger partial charge in [-0.15, -0.1) is 0 Å². The number of hydrogen-bond donors (Lipinski definition) is 2. The van der Waals surface area contributed by atoms with E-state index in [-0.39, 0.29) is 22.8 Å². The lowest BCUT2D eigenvalue weighted by atomic mass is 9.92. The topological polar surface area (TPSA) is 66.0 Å². The van der Waals surface area contributed by atoms with Crippen molar-refractivity contribution in [2.75, 3.05) is 0 Å². The van der Waals surface area contributed by atoms with Crippen molar-refractivity contribution in [2.24, 2.45) is 5.41 Å². The molecule has 0 saturated heterocycles. The van der Waals surface area contributed by atoms with Crippen LogP contribution in [0.2, 0.25) is 0 Å². The molecule has 0 unspecified atom stereocenters. The highest BCUT2D eigenvalue weighted by atomic mass is 16.3. The van der Waals surface area contributed by atoms with Gasteiger partial charge in [-0.3, -0.25) is 4.79 Å². The first-order chi connectivity index (χ1) is 8.37. The summed E-state index contributed by atoms with van der Waals surface area (Å²) in [6, 6.07) is 0. The van der Waals surface area contributed by atoms with Crippen molar-refractivity contribution in [2.45, 2.75) is 58.8 Å². The van der Waals surface area contributed by atoms with Gasteiger partial charge in [-0.1, -0.05) is 33.6 Å². The van der Waals surface area contributed by atoms with E-state index in [1.54, 1.807) is 0 Å². The number of H-pyrrole nitrogens is 1. The predicted molar refractivity (Wildman–Crippen MR) is 70.9 cm³/mol. The van der Waals surface area contributed by atoms with Crippen LogP contribution in [0, 0.1) is 5.41 Å². The summed E-state index contributed by atoms with van der Waals surface area (Å²) >= 11 is 0. The van der Waals surface area contributed by atoms with Crippen LogP contribution >= 0.6 is 0 Å². The molecule has 0 spiro atoms. The third kappa shape index (κ3) is 2.92. The van der Waals surface area contributed by atoms with E-state index in [9.17, 15) is 9.90 Å². The van der Waals surface area contributed by atoms with Crippen LogP contribution in [0.4, 0.5) is 0 Å². The van der Waals surface area contributed by atoms with Gasteiger partial charge in [0.1, 0.15) is 5.82 Å². The standard InChI is InChI=1S/C14H22N2O2/c1-14(2,3)8-10-15-12(17)11(13(18)16-10)9-6-4-5-7-9/h9H,4-8H2,1-3H3,(H2,15,16,17,18). The van der Waals surface area contributed by atoms with Crippen LogP contribution in [0.15, 0.2) is 4.79 Å². The highest BCUT2D eigenvalue weighted by Gasteiger charge is 2.25. The van der Waals surface area contributed by atoms with E-state index in [0.717, 1.165) is 25.7 Å². The molecule has 0 atom stereocenters. The first-order valence-corrected chi connectivity index (χ1v) is 6.69. The van der Waals surface area contributed by atoms with E-state index in [1.807, 2.05) is 0 Å². The van der Waals surface area contributed by atoms with Crippen LogP contribution in [-0.4, -0.2) is 15.1 Å². The lowest BCUT2D eigenvalue weighted by Crippen LogP contribution is -2.21. The maximum Gasteiger partial charge on any atom is 0.258 e. The van der Waals surface area contributed by atoms with Crippen LogP contribution in [0.5, 0.6) is 5.88 Å². The van der Waals surface area contributed by atoms with Crippen LogP contribution in [0.1, 0.15) is 63.8 Å². The molecule has 1 aliphatic carbocycles. The second-order valence-corrected chi connectivity index (χ2v) is 6.47. The molecule has 18 heavy (non-hydrogen) atoms. The highest BCUT2D eigenvalue weighted by molar-refractivity contribution is 5.27. The Kier molecular flexibility index (Phi) is 3.46. The monoisotopic (exact) mass is 250 g/mol. The molecule has 0 radical (unpaired) electrons. The molecule has 1 aromatic rings. The fourth-order valence-electron chi connectivity index (χ4n) is 2.68. The van der Waals surface area contributed by atoms with Crippen molar-refractivity contribution in [3.05, 3.63) is 21.7 Å². The molecule has 1 fully saturated rings. The van der Waals surface area contributed by atoms with Crippen LogP contribution in [0.25, 0.3) is 0 Å². The van der Waals surface area contributed by atoms with Crippen LogP contribution in [0.3, 0.4) is 0 Å². The van der Waals surface area contributed by atoms with E-state index in [2.05, 4.69) is 30.7 Å². The van der Waals surface area contributed by atoms with E-state index in [4.69, 9.17) is 0 Å². The lowest BCUT2D eigenvalue weighted by molar-refractivity contribution is 0.387. The number of nitrogens with one attached hydrogen (secondary N) is 1. The predicted octanol–water partition coefficient (Wildman–Crippen LogP) is 2.72. The van der Waals surface area contributed by atoms with Gasteiger partial charge in [0.2, 0.25) is 5.88 Å². The van der Waals surface area contributed by atoms with Crippen molar-refractivity contribution in [3.8, 4) is 5.88 Å². The van der Waals surface area contributed by atoms with Crippen molar-refractivity contribution in [1.29, 1.82) is 0 Å². The van der Waals surface area contributed by atoms with Gasteiger partial charge in [0.15, 0.2) is 0 Å². The molecule has 100 valence electrons. The van der Waals surface area contributed by atoms with Crippen molar-refractivity contribution < 1.29 is 5.11 Å². The van der Waals surface area contributed by atoms with Gasteiger partial charge in [-0.05, 0) is 24.2 Å². The SMILES string of the molecule is CC(C)(C)Cc1nc(O)c(C2CCCC2)c(=O)[nH]1. The third-order valence-electron chi connectivity index (χ3n) is 3.45. The van der Waals surface area contributed by atoms with E-state index >= 15 is 0 Å². The summed E-state index contributed by atoms with van der Waals surface area (Å²) in [5.74, 6) is 0.696. The second kappa shape index (κ2) is 4.75. The highest BCUT2D eigenvalue weighted by Crippen LogP contribution is 2.35. The third-order valence-corrected chi connectivity index (χ3v) is 3.45. The molecule has 1 aromatic heterocycles. The summed E-state index contributed by atoms with van der Waals surface area (Å²) in [7, 11) is 0. The molecule has 0 aromatic carbocycles. The average molecular weight is 250 g/mol. The molecule has 4 nitrogen and oxygen atoms in total. The van der Waals surface area contributed by atoms with Crippen molar-refractivity contribution >= 4 is 0 Å². The zero-order valence-electron chi connectivity index (χ0n) is 11.4. The normalized spacial score (nSPS) is 17.3. The second-order valence-electron chi connectivity index (χ2n) is 6.47. The fourth-order valence-corrected chi connectivity index (χ4v) is 2.68. The first-order valence-electron chi connectivity index (χ1n) is 6.69. The van der Waals surface area contributed by atoms with Gasteiger partial charge >= 0.3 is 0 Å². The summed E-state index contributed by atoms with van der Waals surface area (Å²) in [6.45, 7) is 6.23. The first kappa shape index (κ1) is 13.1. The van der Waals surface area contributed by atoms with E-state index in [1.165, 1.54) is 0 Å². The minimum atomic E-state index is -0.159. The Morgan fingerprint density at radius 2 is 1.94 bits per heavy atom. The smallest absolute Gasteiger partial charge is 0.258 e. The Bertz CT molecular complexity index is 480. The zero-order valence-corrected chi connectivity index (χ0v) is 11.4. The fraction of sp³-hybridized carbons (Fsp3) is 0.714. The maximum atomic E-state index is 12.1. The molecule has 0 bridgehead atoms. The number of nitrogens with zero attached hydrogens (tertiary/aromatic N) is 1. The number of hydrogen-bond acceptors (Lipinski definition) is 3. The number of rotatable bonds is 2. The maximum absolute atomic E-state index is 12.1. The summed E-state index contributed by atoms with van der Waals surface area (Å²) in [4.78, 5) is 19.1. The molecule has 1 aliphatic rings. The summed E-state index contributed by atoms with van der Waals surface area (Å²) in [6.07, 6.45) is 4.88. The molecule has 1 heterocycles. The van der Waals surface area contributed by atoms with Crippen molar-refractivity contribution in [1.82, 2.24) is 9.97 Å². The zero-order chi connectivity index (χ0) is 13.3. The van der Waals surface area contributed by atoms with Gasteiger partial charge in [-0.25, -0.2) is 4.98 Å². The molecule has 2 rings (SSSR count). The van der Waals surface area contributed by atoms with Crippen LogP contribution < -0.4 is 5.56 Å². The Labute approximate surface area is 107 Å². The largest absolute Gasteiger partial charge is 0.493 e. The van der Waals surface area contributed by atoms with Gasteiger partial charge in [0.05, 0.1) is 5.56 Å². The molecule has 2 N–H and O–H groups in total. The van der Waals surface area contributed by atoms with Gasteiger partial charge in [0.25, 0.3) is 5.56 Å². The van der Waals surface area contributed by atoms with Crippen molar-refractivity contribution in [3.63, 3.8) is 0 Å². The van der Waals surface area contributed by atoms with E-state index in [0.29, 0.717) is 17.8 Å². The Balaban J connectivity index is 2.32. The molecular formula is C14H22N2O2. The molecule has 4 heteroatoms. The minimum absolute atomic E-state index is 0.0389. The molecule has 0 aliphatic heterocycles. The van der Waals surface area contributed by atoms with Crippen LogP contribution in [-0.2, 0) is 6.42 Å². The Hall–Kier alpha value is -1.32. The number of aromatic hydroxyl groups is 1. The Morgan fingerprint density at radius 1 is 1.33 bits per heavy atom. The molecular weight excluding hydrogens is 228 g/mol. The molecule has 0 amide bonds. The lowest BCUT2D eigenvalue weighted by Gasteiger charge is -2.18. The summed E-state index contributed by atoms with van der Waals surface area (Å²) in [5, 5.41) is 10.00.